The summed E-state index contributed by atoms with van der Waals surface area (Å²) in [5.41, 5.74) is 4.83. The predicted octanol–water partition coefficient (Wildman–Crippen LogP) is 2.80. The van der Waals surface area contributed by atoms with E-state index in [2.05, 4.69) is 15.7 Å². The van der Waals surface area contributed by atoms with Crippen molar-refractivity contribution >= 4 is 12.2 Å². The highest BCUT2D eigenvalue weighted by Gasteiger charge is 1.83. The minimum Gasteiger partial charge on any atom is -0.256 e. The van der Waals surface area contributed by atoms with E-state index in [0.29, 0.717) is 0 Å². The molecular formula is C13H10N2. The maximum atomic E-state index is 4.15. The molecule has 0 aliphatic heterocycles. The van der Waals surface area contributed by atoms with Gasteiger partial charge >= 0.3 is 0 Å². The first-order valence-electron chi connectivity index (χ1n) is 4.70. The van der Waals surface area contributed by atoms with E-state index in [9.17, 15) is 0 Å². The highest BCUT2D eigenvalue weighted by Crippen LogP contribution is 1.98. The average molecular weight is 194 g/mol. The maximum absolute atomic E-state index is 4.15. The van der Waals surface area contributed by atoms with Gasteiger partial charge in [0.1, 0.15) is 0 Å². The smallest absolute Gasteiger partial charge is 0.0706 e. The molecule has 0 aromatic carbocycles. The molecule has 2 nitrogen and oxygen atoms in total. The number of hydrogen-bond donors (Lipinski definition) is 0. The first-order chi connectivity index (χ1) is 7.45. The Hall–Kier alpha value is -2.18. The standard InChI is InChI=1S/C13H10N2/c1-3-10-14-12(6-1)8-5-9-13-7-2-4-11-15-13/h1-4,6-11H. The Kier molecular flexibility index (Phi) is 3.06. The summed E-state index contributed by atoms with van der Waals surface area (Å²) in [4.78, 5) is 8.30. The zero-order valence-corrected chi connectivity index (χ0v) is 8.17. The summed E-state index contributed by atoms with van der Waals surface area (Å²) in [6.45, 7) is 0. The van der Waals surface area contributed by atoms with Crippen LogP contribution in [0.4, 0.5) is 0 Å². The van der Waals surface area contributed by atoms with Crippen LogP contribution in [-0.2, 0) is 0 Å². The Morgan fingerprint density at radius 3 is 1.73 bits per heavy atom. The average Bonchev–Trinajstić information content (AvgIpc) is 2.32. The summed E-state index contributed by atoms with van der Waals surface area (Å²) in [6.07, 6.45) is 7.17. The van der Waals surface area contributed by atoms with Gasteiger partial charge < -0.3 is 0 Å². The summed E-state index contributed by atoms with van der Waals surface area (Å²) in [5, 5.41) is 0. The van der Waals surface area contributed by atoms with Crippen LogP contribution >= 0.6 is 0 Å². The van der Waals surface area contributed by atoms with Crippen molar-refractivity contribution in [1.29, 1.82) is 0 Å². The van der Waals surface area contributed by atoms with Crippen molar-refractivity contribution in [3.63, 3.8) is 0 Å². The molecule has 2 aromatic rings. The molecular weight excluding hydrogens is 184 g/mol. The van der Waals surface area contributed by atoms with Gasteiger partial charge in [-0.1, -0.05) is 12.1 Å². The lowest BCUT2D eigenvalue weighted by atomic mass is 10.3. The SMILES string of the molecule is C(=Cc1ccccn1)=Cc1ccccn1. The van der Waals surface area contributed by atoms with Crippen LogP contribution in [0, 0.1) is 0 Å². The highest BCUT2D eigenvalue weighted by molar-refractivity contribution is 5.53. The van der Waals surface area contributed by atoms with Crippen LogP contribution in [0.2, 0.25) is 0 Å². The van der Waals surface area contributed by atoms with Gasteiger partial charge in [0.2, 0.25) is 0 Å². The van der Waals surface area contributed by atoms with Crippen LogP contribution in [0.5, 0.6) is 0 Å². The van der Waals surface area contributed by atoms with E-state index in [1.165, 1.54) is 0 Å². The molecule has 0 unspecified atom stereocenters. The van der Waals surface area contributed by atoms with Gasteiger partial charge in [0.15, 0.2) is 0 Å². The summed E-state index contributed by atoms with van der Waals surface area (Å²) >= 11 is 0. The fraction of sp³-hybridized carbons (Fsp3) is 0. The van der Waals surface area contributed by atoms with Gasteiger partial charge in [0.05, 0.1) is 11.4 Å². The molecule has 0 radical (unpaired) electrons. The van der Waals surface area contributed by atoms with Crippen LogP contribution in [-0.4, -0.2) is 9.97 Å². The molecule has 0 saturated heterocycles. The zero-order valence-electron chi connectivity index (χ0n) is 8.17. The number of nitrogens with zero attached hydrogens (tertiary/aromatic N) is 2. The van der Waals surface area contributed by atoms with Crippen molar-refractivity contribution in [2.45, 2.75) is 0 Å². The monoisotopic (exact) mass is 194 g/mol. The van der Waals surface area contributed by atoms with Gasteiger partial charge in [0.25, 0.3) is 0 Å². The minimum atomic E-state index is 0.893. The van der Waals surface area contributed by atoms with E-state index in [4.69, 9.17) is 0 Å². The second-order valence-corrected chi connectivity index (χ2v) is 2.96. The molecule has 0 saturated carbocycles. The van der Waals surface area contributed by atoms with Gasteiger partial charge in [-0.3, -0.25) is 9.97 Å². The quantitative estimate of drug-likeness (QED) is 0.687. The number of rotatable bonds is 2. The van der Waals surface area contributed by atoms with E-state index >= 15 is 0 Å². The first-order valence-corrected chi connectivity index (χ1v) is 4.70. The van der Waals surface area contributed by atoms with Crippen LogP contribution in [0.15, 0.2) is 54.5 Å². The van der Waals surface area contributed by atoms with Crippen molar-refractivity contribution in [3.8, 4) is 0 Å². The van der Waals surface area contributed by atoms with Crippen LogP contribution < -0.4 is 0 Å². The molecule has 2 rings (SSSR count). The lowest BCUT2D eigenvalue weighted by molar-refractivity contribution is 1.29. The Bertz CT molecular complexity index is 425. The molecule has 2 heterocycles. The lowest BCUT2D eigenvalue weighted by Crippen LogP contribution is -1.76. The normalized spacial score (nSPS) is 9.07. The highest BCUT2D eigenvalue weighted by atomic mass is 14.7. The lowest BCUT2D eigenvalue weighted by Gasteiger charge is -1.87. The van der Waals surface area contributed by atoms with Crippen LogP contribution in [0.1, 0.15) is 11.4 Å². The third kappa shape index (κ3) is 2.90. The summed E-state index contributed by atoms with van der Waals surface area (Å²) in [6, 6.07) is 11.5. The zero-order chi connectivity index (χ0) is 10.3. The molecule has 0 spiro atoms. The van der Waals surface area contributed by atoms with Gasteiger partial charge in [-0.05, 0) is 24.3 Å². The summed E-state index contributed by atoms with van der Waals surface area (Å²) in [5.74, 6) is 0. The van der Waals surface area contributed by atoms with Crippen LogP contribution in [0.3, 0.4) is 0 Å². The van der Waals surface area contributed by atoms with E-state index in [1.54, 1.807) is 12.4 Å². The van der Waals surface area contributed by atoms with Crippen molar-refractivity contribution in [2.75, 3.05) is 0 Å². The number of aromatic nitrogens is 2. The van der Waals surface area contributed by atoms with E-state index in [1.807, 2.05) is 48.6 Å². The van der Waals surface area contributed by atoms with E-state index < -0.39 is 0 Å². The van der Waals surface area contributed by atoms with Gasteiger partial charge in [0, 0.05) is 24.5 Å². The fourth-order valence-corrected chi connectivity index (χ4v) is 1.14. The van der Waals surface area contributed by atoms with Crippen molar-refractivity contribution in [1.82, 2.24) is 9.97 Å². The van der Waals surface area contributed by atoms with Crippen LogP contribution in [0.25, 0.3) is 12.2 Å². The summed E-state index contributed by atoms with van der Waals surface area (Å²) in [7, 11) is 0. The van der Waals surface area contributed by atoms with Crippen molar-refractivity contribution in [2.24, 2.45) is 0 Å². The van der Waals surface area contributed by atoms with Gasteiger partial charge in [-0.25, -0.2) is 0 Å². The van der Waals surface area contributed by atoms with Gasteiger partial charge in [-0.15, -0.1) is 5.73 Å². The van der Waals surface area contributed by atoms with Gasteiger partial charge in [-0.2, -0.15) is 0 Å². The molecule has 0 fully saturated rings. The Morgan fingerprint density at radius 1 is 0.800 bits per heavy atom. The topological polar surface area (TPSA) is 25.8 Å². The largest absolute Gasteiger partial charge is 0.256 e. The van der Waals surface area contributed by atoms with Crippen molar-refractivity contribution in [3.05, 3.63) is 65.9 Å². The summed E-state index contributed by atoms with van der Waals surface area (Å²) < 4.78 is 0. The first kappa shape index (κ1) is 9.38. The van der Waals surface area contributed by atoms with E-state index in [-0.39, 0.29) is 0 Å². The molecule has 15 heavy (non-hydrogen) atoms. The Morgan fingerprint density at radius 2 is 1.33 bits per heavy atom. The van der Waals surface area contributed by atoms with Crippen molar-refractivity contribution < 1.29 is 0 Å². The molecule has 2 heteroatoms. The maximum Gasteiger partial charge on any atom is 0.0706 e. The second-order valence-electron chi connectivity index (χ2n) is 2.96. The Balaban J connectivity index is 2.16. The molecule has 0 bridgehead atoms. The molecule has 0 N–H and O–H groups in total. The minimum absolute atomic E-state index is 0.893. The molecule has 0 amide bonds. The molecule has 2 aromatic heterocycles. The third-order valence-electron chi connectivity index (χ3n) is 1.84. The third-order valence-corrected chi connectivity index (χ3v) is 1.84. The molecule has 0 aliphatic carbocycles. The molecule has 0 aliphatic rings. The molecule has 72 valence electrons. The number of pyridine rings is 2. The number of hydrogen-bond acceptors (Lipinski definition) is 2. The molecule has 0 atom stereocenters. The predicted molar refractivity (Wildman–Crippen MR) is 60.9 cm³/mol. The Labute approximate surface area is 88.6 Å². The fourth-order valence-electron chi connectivity index (χ4n) is 1.14. The second kappa shape index (κ2) is 4.89. The van der Waals surface area contributed by atoms with E-state index in [0.717, 1.165) is 11.4 Å².